The lowest BCUT2D eigenvalue weighted by Gasteiger charge is -2.08. The SMILES string of the molecule is O=C(CCc1ccc(NC2=NCCN2)cc1)c1ccc(Cl)c(Cl)c1Cl. The minimum Gasteiger partial charge on any atom is -0.354 e. The Labute approximate surface area is 161 Å². The van der Waals surface area contributed by atoms with Gasteiger partial charge in [0.05, 0.1) is 21.6 Å². The third-order valence-electron chi connectivity index (χ3n) is 3.87. The average molecular weight is 397 g/mol. The maximum absolute atomic E-state index is 12.4. The standard InChI is InChI=1S/C18H16Cl3N3O/c19-14-7-6-13(16(20)17(14)21)15(25)8-3-11-1-4-12(5-2-11)24-18-22-9-10-23-18/h1-2,4-7H,3,8-10H2,(H2,22,23,24). The van der Waals surface area contributed by atoms with Gasteiger partial charge in [-0.15, -0.1) is 0 Å². The highest BCUT2D eigenvalue weighted by Gasteiger charge is 2.15. The van der Waals surface area contributed by atoms with Gasteiger partial charge in [-0.1, -0.05) is 46.9 Å². The molecule has 2 aromatic rings. The van der Waals surface area contributed by atoms with E-state index in [1.165, 1.54) is 0 Å². The van der Waals surface area contributed by atoms with Crippen LogP contribution in [-0.2, 0) is 6.42 Å². The second-order valence-electron chi connectivity index (χ2n) is 5.63. The maximum Gasteiger partial charge on any atom is 0.195 e. The number of anilines is 1. The fraction of sp³-hybridized carbons (Fsp3) is 0.222. The summed E-state index contributed by atoms with van der Waals surface area (Å²) in [6.07, 6.45) is 0.966. The van der Waals surface area contributed by atoms with E-state index < -0.39 is 0 Å². The van der Waals surface area contributed by atoms with E-state index >= 15 is 0 Å². The van der Waals surface area contributed by atoms with Crippen molar-refractivity contribution in [2.75, 3.05) is 18.4 Å². The van der Waals surface area contributed by atoms with Gasteiger partial charge in [-0.25, -0.2) is 0 Å². The Morgan fingerprint density at radius 2 is 1.84 bits per heavy atom. The molecule has 0 fully saturated rings. The van der Waals surface area contributed by atoms with Crippen molar-refractivity contribution < 1.29 is 4.79 Å². The van der Waals surface area contributed by atoms with E-state index in [1.54, 1.807) is 12.1 Å². The zero-order valence-electron chi connectivity index (χ0n) is 13.3. The van der Waals surface area contributed by atoms with E-state index in [0.29, 0.717) is 23.4 Å². The second kappa shape index (κ2) is 8.09. The molecular formula is C18H16Cl3N3O. The molecule has 2 aromatic carbocycles. The van der Waals surface area contributed by atoms with Crippen LogP contribution in [0.15, 0.2) is 41.4 Å². The van der Waals surface area contributed by atoms with Gasteiger partial charge in [0.15, 0.2) is 11.7 Å². The lowest BCUT2D eigenvalue weighted by molar-refractivity contribution is 0.0983. The molecule has 2 N–H and O–H groups in total. The molecular weight excluding hydrogens is 381 g/mol. The van der Waals surface area contributed by atoms with Crippen LogP contribution in [0.1, 0.15) is 22.3 Å². The Balaban J connectivity index is 1.59. The van der Waals surface area contributed by atoms with Crippen molar-refractivity contribution in [3.8, 4) is 0 Å². The number of rotatable bonds is 5. The van der Waals surface area contributed by atoms with Gasteiger partial charge in [0.2, 0.25) is 0 Å². The first-order chi connectivity index (χ1) is 12.0. The van der Waals surface area contributed by atoms with E-state index in [-0.39, 0.29) is 15.8 Å². The molecule has 0 aromatic heterocycles. The number of ketones is 1. The summed E-state index contributed by atoms with van der Waals surface area (Å²) in [4.78, 5) is 16.7. The number of nitrogens with one attached hydrogen (secondary N) is 2. The van der Waals surface area contributed by atoms with E-state index in [1.807, 2.05) is 24.3 Å². The Morgan fingerprint density at radius 1 is 1.08 bits per heavy atom. The number of benzene rings is 2. The summed E-state index contributed by atoms with van der Waals surface area (Å²) in [6.45, 7) is 1.65. The number of aliphatic imine (C=N–C) groups is 1. The number of hydrogen-bond donors (Lipinski definition) is 2. The minimum absolute atomic E-state index is 0.0599. The summed E-state index contributed by atoms with van der Waals surface area (Å²) in [6, 6.07) is 11.1. The van der Waals surface area contributed by atoms with Crippen LogP contribution < -0.4 is 10.6 Å². The molecule has 4 nitrogen and oxygen atoms in total. The summed E-state index contributed by atoms with van der Waals surface area (Å²) in [5, 5.41) is 7.13. The van der Waals surface area contributed by atoms with Crippen LogP contribution in [0.3, 0.4) is 0 Å². The van der Waals surface area contributed by atoms with Gasteiger partial charge in [-0.2, -0.15) is 0 Å². The van der Waals surface area contributed by atoms with Crippen LogP contribution in [0.5, 0.6) is 0 Å². The third-order valence-corrected chi connectivity index (χ3v) is 5.16. The largest absolute Gasteiger partial charge is 0.354 e. The lowest BCUT2D eigenvalue weighted by Crippen LogP contribution is -2.26. The van der Waals surface area contributed by atoms with Gasteiger partial charge in [-0.3, -0.25) is 9.79 Å². The summed E-state index contributed by atoms with van der Waals surface area (Å²) in [5.41, 5.74) is 2.42. The molecule has 25 heavy (non-hydrogen) atoms. The zero-order chi connectivity index (χ0) is 17.8. The highest BCUT2D eigenvalue weighted by molar-refractivity contribution is 6.49. The third kappa shape index (κ3) is 4.46. The number of carbonyl (C=O) groups is 1. The summed E-state index contributed by atoms with van der Waals surface area (Å²) >= 11 is 18.0. The molecule has 0 unspecified atom stereocenters. The van der Waals surface area contributed by atoms with Gasteiger partial charge < -0.3 is 10.6 Å². The van der Waals surface area contributed by atoms with Crippen LogP contribution in [-0.4, -0.2) is 24.8 Å². The lowest BCUT2D eigenvalue weighted by atomic mass is 10.0. The Morgan fingerprint density at radius 3 is 2.52 bits per heavy atom. The number of guanidine groups is 1. The summed E-state index contributed by atoms with van der Waals surface area (Å²) in [5.74, 6) is 0.729. The van der Waals surface area contributed by atoms with Crippen molar-refractivity contribution in [1.29, 1.82) is 0 Å². The fourth-order valence-electron chi connectivity index (χ4n) is 2.51. The fourth-order valence-corrected chi connectivity index (χ4v) is 3.15. The number of hydrogen-bond acceptors (Lipinski definition) is 4. The minimum atomic E-state index is -0.0599. The molecule has 1 aliphatic rings. The van der Waals surface area contributed by atoms with Crippen molar-refractivity contribution in [3.05, 3.63) is 62.6 Å². The van der Waals surface area contributed by atoms with E-state index in [0.717, 1.165) is 30.3 Å². The molecule has 0 spiro atoms. The van der Waals surface area contributed by atoms with Crippen molar-refractivity contribution >= 4 is 52.2 Å². The predicted molar refractivity (Wildman–Crippen MR) is 104 cm³/mol. The monoisotopic (exact) mass is 395 g/mol. The molecule has 3 rings (SSSR count). The number of halogens is 3. The second-order valence-corrected chi connectivity index (χ2v) is 6.79. The van der Waals surface area contributed by atoms with Gasteiger partial charge >= 0.3 is 0 Å². The van der Waals surface area contributed by atoms with Crippen LogP contribution >= 0.6 is 34.8 Å². The summed E-state index contributed by atoms with van der Waals surface area (Å²) in [7, 11) is 0. The molecule has 0 bridgehead atoms. The normalized spacial score (nSPS) is 13.3. The van der Waals surface area contributed by atoms with Gasteiger partial charge in [0.1, 0.15) is 0 Å². The van der Waals surface area contributed by atoms with E-state index in [2.05, 4.69) is 15.6 Å². The van der Waals surface area contributed by atoms with Crippen molar-refractivity contribution in [1.82, 2.24) is 5.32 Å². The number of nitrogens with zero attached hydrogens (tertiary/aromatic N) is 1. The Kier molecular flexibility index (Phi) is 5.84. The predicted octanol–water partition coefficient (Wildman–Crippen LogP) is 4.83. The van der Waals surface area contributed by atoms with Crippen LogP contribution in [0.4, 0.5) is 5.69 Å². The molecule has 0 amide bonds. The number of Topliss-reactive ketones (excluding diaryl/α,β-unsaturated/α-hetero) is 1. The molecule has 0 saturated carbocycles. The van der Waals surface area contributed by atoms with E-state index in [9.17, 15) is 4.79 Å². The van der Waals surface area contributed by atoms with Gasteiger partial charge in [0, 0.05) is 24.2 Å². The quantitative estimate of drug-likeness (QED) is 0.562. The molecule has 1 heterocycles. The highest BCUT2D eigenvalue weighted by atomic mass is 35.5. The van der Waals surface area contributed by atoms with Crippen LogP contribution in [0, 0.1) is 0 Å². The van der Waals surface area contributed by atoms with Crippen molar-refractivity contribution in [3.63, 3.8) is 0 Å². The van der Waals surface area contributed by atoms with Crippen molar-refractivity contribution in [2.24, 2.45) is 4.99 Å². The van der Waals surface area contributed by atoms with Crippen LogP contribution in [0.25, 0.3) is 0 Å². The smallest absolute Gasteiger partial charge is 0.195 e. The zero-order valence-corrected chi connectivity index (χ0v) is 15.5. The van der Waals surface area contributed by atoms with Crippen LogP contribution in [0.2, 0.25) is 15.1 Å². The topological polar surface area (TPSA) is 53.5 Å². The molecule has 1 aliphatic heterocycles. The molecule has 7 heteroatoms. The number of carbonyl (C=O) groups excluding carboxylic acids is 1. The molecule has 0 atom stereocenters. The van der Waals surface area contributed by atoms with Crippen molar-refractivity contribution in [2.45, 2.75) is 12.8 Å². The molecule has 0 radical (unpaired) electrons. The average Bonchev–Trinajstić information content (AvgIpc) is 3.12. The highest BCUT2D eigenvalue weighted by Crippen LogP contribution is 2.33. The first-order valence-corrected chi connectivity index (χ1v) is 8.99. The van der Waals surface area contributed by atoms with E-state index in [4.69, 9.17) is 34.8 Å². The molecule has 130 valence electrons. The Bertz CT molecular complexity index is 819. The first kappa shape index (κ1) is 18.1. The van der Waals surface area contributed by atoms with Gasteiger partial charge in [0.25, 0.3) is 0 Å². The first-order valence-electron chi connectivity index (χ1n) is 7.85. The maximum atomic E-state index is 12.4. The summed E-state index contributed by atoms with van der Waals surface area (Å²) < 4.78 is 0. The molecule has 0 aliphatic carbocycles. The van der Waals surface area contributed by atoms with Gasteiger partial charge in [-0.05, 0) is 36.2 Å². The molecule has 0 saturated heterocycles. The number of aryl methyl sites for hydroxylation is 1. The Hall–Kier alpha value is -1.75.